The van der Waals surface area contributed by atoms with Crippen LogP contribution in [0.25, 0.3) is 0 Å². The Morgan fingerprint density at radius 3 is 2.53 bits per heavy atom. The number of aromatic nitrogens is 3. The van der Waals surface area contributed by atoms with Crippen molar-refractivity contribution in [2.45, 2.75) is 39.1 Å². The molecule has 1 aromatic heterocycles. The normalized spacial score (nSPS) is 12.3. The van der Waals surface area contributed by atoms with E-state index in [0.29, 0.717) is 19.0 Å². The maximum Gasteiger partial charge on any atom is 0.296 e. The lowest BCUT2D eigenvalue weighted by Crippen LogP contribution is -2.14. The van der Waals surface area contributed by atoms with Crippen LogP contribution in [0.15, 0.2) is 5.16 Å². The van der Waals surface area contributed by atoms with E-state index in [1.54, 1.807) is 0 Å². The Balaban J connectivity index is 3.11. The third-order valence-electron chi connectivity index (χ3n) is 1.99. The summed E-state index contributed by atoms with van der Waals surface area (Å²) in [6, 6.07) is 0. The van der Waals surface area contributed by atoms with Crippen LogP contribution in [0.3, 0.4) is 0 Å². The third kappa shape index (κ3) is 3.93. The second-order valence-electron chi connectivity index (χ2n) is 3.98. The van der Waals surface area contributed by atoms with E-state index in [1.807, 2.05) is 20.8 Å². The fourth-order valence-electron chi connectivity index (χ4n) is 1.35. The summed E-state index contributed by atoms with van der Waals surface area (Å²) < 4.78 is 29.3. The molecule has 0 aromatic carbocycles. The first-order valence-electron chi connectivity index (χ1n) is 5.30. The van der Waals surface area contributed by atoms with Crippen LogP contribution in [0, 0.1) is 5.92 Å². The van der Waals surface area contributed by atoms with Crippen molar-refractivity contribution in [1.82, 2.24) is 14.8 Å². The van der Waals surface area contributed by atoms with Gasteiger partial charge in [0, 0.05) is 23.8 Å². The molecule has 0 N–H and O–H groups in total. The molecule has 0 unspecified atom stereocenters. The molecular weight excluding hydrogens is 266 g/mol. The molecule has 0 atom stereocenters. The van der Waals surface area contributed by atoms with Crippen LogP contribution in [0.5, 0.6) is 0 Å². The molecule has 1 aromatic rings. The van der Waals surface area contributed by atoms with Crippen LogP contribution >= 0.6 is 10.7 Å². The van der Waals surface area contributed by atoms with Crippen LogP contribution in [0.1, 0.15) is 26.6 Å². The van der Waals surface area contributed by atoms with Gasteiger partial charge < -0.3 is 4.74 Å². The summed E-state index contributed by atoms with van der Waals surface area (Å²) in [5, 5.41) is 7.18. The Morgan fingerprint density at radius 2 is 2.06 bits per heavy atom. The zero-order valence-electron chi connectivity index (χ0n) is 10.1. The number of nitrogens with zero attached hydrogens (tertiary/aromatic N) is 3. The highest BCUT2D eigenvalue weighted by atomic mass is 35.7. The van der Waals surface area contributed by atoms with Gasteiger partial charge in [0.2, 0.25) is 0 Å². The molecule has 1 heterocycles. The van der Waals surface area contributed by atoms with Crippen molar-refractivity contribution in [1.29, 1.82) is 0 Å². The first kappa shape index (κ1) is 14.4. The van der Waals surface area contributed by atoms with Gasteiger partial charge in [-0.05, 0) is 12.8 Å². The highest BCUT2D eigenvalue weighted by Crippen LogP contribution is 2.16. The molecule has 0 aliphatic rings. The van der Waals surface area contributed by atoms with Gasteiger partial charge in [-0.15, -0.1) is 10.2 Å². The average molecular weight is 282 g/mol. The quantitative estimate of drug-likeness (QED) is 0.737. The number of ether oxygens (including phenoxy) is 1. The number of hydrogen-bond donors (Lipinski definition) is 0. The molecule has 0 fully saturated rings. The molecule has 98 valence electrons. The zero-order valence-corrected chi connectivity index (χ0v) is 11.6. The van der Waals surface area contributed by atoms with Gasteiger partial charge in [-0.1, -0.05) is 13.8 Å². The molecule has 8 heteroatoms. The maximum absolute atomic E-state index is 11.3. The lowest BCUT2D eigenvalue weighted by Gasteiger charge is -2.11. The smallest absolute Gasteiger partial charge is 0.296 e. The fraction of sp³-hybridized carbons (Fsp3) is 0.778. The molecule has 17 heavy (non-hydrogen) atoms. The van der Waals surface area contributed by atoms with Crippen molar-refractivity contribution in [3.63, 3.8) is 0 Å². The summed E-state index contributed by atoms with van der Waals surface area (Å²) in [6.07, 6.45) is 0. The summed E-state index contributed by atoms with van der Waals surface area (Å²) >= 11 is 0. The van der Waals surface area contributed by atoms with Crippen LogP contribution in [0.4, 0.5) is 0 Å². The standard InChI is InChI=1S/C9H16ClN3O3S/c1-4-16-6-8-11-12-9(17(10,14)15)13(8)5-7(2)3/h7H,4-6H2,1-3H3. The molecule has 0 aliphatic carbocycles. The molecule has 0 spiro atoms. The lowest BCUT2D eigenvalue weighted by molar-refractivity contribution is 0.124. The molecule has 0 amide bonds. The second kappa shape index (κ2) is 5.79. The summed E-state index contributed by atoms with van der Waals surface area (Å²) in [4.78, 5) is 0. The van der Waals surface area contributed by atoms with E-state index in [0.717, 1.165) is 0 Å². The zero-order chi connectivity index (χ0) is 13.1. The third-order valence-corrected chi connectivity index (χ3v) is 3.15. The summed E-state index contributed by atoms with van der Waals surface area (Å²) in [5.74, 6) is 0.725. The highest BCUT2D eigenvalue weighted by Gasteiger charge is 2.22. The van der Waals surface area contributed by atoms with E-state index < -0.39 is 9.05 Å². The van der Waals surface area contributed by atoms with Crippen LogP contribution in [-0.4, -0.2) is 29.8 Å². The Morgan fingerprint density at radius 1 is 1.41 bits per heavy atom. The van der Waals surface area contributed by atoms with Gasteiger partial charge in [0.15, 0.2) is 5.82 Å². The van der Waals surface area contributed by atoms with Crippen molar-refractivity contribution in [2.24, 2.45) is 5.92 Å². The van der Waals surface area contributed by atoms with Crippen LogP contribution < -0.4 is 0 Å². The van der Waals surface area contributed by atoms with E-state index in [-0.39, 0.29) is 17.7 Å². The van der Waals surface area contributed by atoms with E-state index in [9.17, 15) is 8.42 Å². The lowest BCUT2D eigenvalue weighted by atomic mass is 10.2. The van der Waals surface area contributed by atoms with Gasteiger partial charge in [-0.25, -0.2) is 8.42 Å². The molecule has 6 nitrogen and oxygen atoms in total. The second-order valence-corrected chi connectivity index (χ2v) is 6.44. The minimum absolute atomic E-state index is 0.220. The van der Waals surface area contributed by atoms with Gasteiger partial charge in [0.05, 0.1) is 0 Å². The predicted octanol–water partition coefficient (Wildman–Crippen LogP) is 1.40. The highest BCUT2D eigenvalue weighted by molar-refractivity contribution is 8.13. The SMILES string of the molecule is CCOCc1nnc(S(=O)(=O)Cl)n1CC(C)C. The van der Waals surface area contributed by atoms with E-state index in [1.165, 1.54) is 4.57 Å². The maximum atomic E-state index is 11.3. The van der Waals surface area contributed by atoms with Crippen LogP contribution in [-0.2, 0) is 26.9 Å². The largest absolute Gasteiger partial charge is 0.374 e. The van der Waals surface area contributed by atoms with E-state index in [4.69, 9.17) is 15.4 Å². The van der Waals surface area contributed by atoms with Gasteiger partial charge in [0.1, 0.15) is 6.61 Å². The molecule has 1 rings (SSSR count). The van der Waals surface area contributed by atoms with Gasteiger partial charge in [-0.2, -0.15) is 0 Å². The number of hydrogen-bond acceptors (Lipinski definition) is 5. The predicted molar refractivity (Wildman–Crippen MR) is 63.2 cm³/mol. The molecule has 0 bridgehead atoms. The van der Waals surface area contributed by atoms with Crippen LogP contribution in [0.2, 0.25) is 0 Å². The molecule has 0 saturated heterocycles. The van der Waals surface area contributed by atoms with Crippen molar-refractivity contribution < 1.29 is 13.2 Å². The average Bonchev–Trinajstić information content (AvgIpc) is 2.56. The molecule has 0 saturated carbocycles. The summed E-state index contributed by atoms with van der Waals surface area (Å²) in [6.45, 7) is 7.02. The minimum atomic E-state index is -3.88. The number of halogens is 1. The monoisotopic (exact) mass is 281 g/mol. The molecule has 0 radical (unpaired) electrons. The van der Waals surface area contributed by atoms with Crippen molar-refractivity contribution >= 4 is 19.7 Å². The Kier molecular flexibility index (Phi) is 4.91. The summed E-state index contributed by atoms with van der Waals surface area (Å²) in [5.41, 5.74) is 0. The van der Waals surface area contributed by atoms with E-state index in [2.05, 4.69) is 10.2 Å². The minimum Gasteiger partial charge on any atom is -0.374 e. The van der Waals surface area contributed by atoms with Gasteiger partial charge in [-0.3, -0.25) is 4.57 Å². The van der Waals surface area contributed by atoms with Gasteiger partial charge >= 0.3 is 0 Å². The Labute approximate surface area is 105 Å². The van der Waals surface area contributed by atoms with E-state index >= 15 is 0 Å². The number of rotatable bonds is 6. The molecular formula is C9H16ClN3O3S. The van der Waals surface area contributed by atoms with Crippen molar-refractivity contribution in [3.8, 4) is 0 Å². The summed E-state index contributed by atoms with van der Waals surface area (Å²) in [7, 11) is 1.43. The topological polar surface area (TPSA) is 74.1 Å². The first-order valence-corrected chi connectivity index (χ1v) is 7.61. The van der Waals surface area contributed by atoms with Crippen molar-refractivity contribution in [2.75, 3.05) is 6.61 Å². The van der Waals surface area contributed by atoms with Crippen molar-refractivity contribution in [3.05, 3.63) is 5.82 Å². The Hall–Kier alpha value is -0.660. The molecule has 0 aliphatic heterocycles. The Bertz CT molecular complexity index is 470. The van der Waals surface area contributed by atoms with Gasteiger partial charge in [0.25, 0.3) is 14.2 Å². The fourth-order valence-corrected chi connectivity index (χ4v) is 2.27. The first-order chi connectivity index (χ1) is 7.86.